The summed E-state index contributed by atoms with van der Waals surface area (Å²) < 4.78 is 0. The second kappa shape index (κ2) is 8.34. The molecule has 1 aromatic carbocycles. The van der Waals surface area contributed by atoms with Crippen LogP contribution >= 0.6 is 11.6 Å². The van der Waals surface area contributed by atoms with Crippen molar-refractivity contribution < 1.29 is 9.59 Å². The summed E-state index contributed by atoms with van der Waals surface area (Å²) in [6.45, 7) is 2.02. The highest BCUT2D eigenvalue weighted by molar-refractivity contribution is 6.33. The molecule has 0 radical (unpaired) electrons. The fraction of sp³-hybridized carbons (Fsp3) is 0.400. The third kappa shape index (κ3) is 4.67. The minimum absolute atomic E-state index is 0.252. The minimum Gasteiger partial charge on any atom is -0.323 e. The fourth-order valence-corrected chi connectivity index (χ4v) is 1.92. The summed E-state index contributed by atoms with van der Waals surface area (Å²) in [6, 6.07) is 8.46. The second-order valence-electron chi connectivity index (χ2n) is 4.45. The highest BCUT2D eigenvalue weighted by atomic mass is 35.5. The van der Waals surface area contributed by atoms with Gasteiger partial charge in [0.1, 0.15) is 0 Å². The maximum atomic E-state index is 12.0. The number of anilines is 1. The monoisotopic (exact) mass is 292 g/mol. The number of carbonyl (C=O) groups excluding carboxylic acids is 2. The lowest BCUT2D eigenvalue weighted by atomic mass is 9.99. The van der Waals surface area contributed by atoms with Gasteiger partial charge in [0, 0.05) is 6.42 Å². The van der Waals surface area contributed by atoms with Crippen molar-refractivity contribution >= 4 is 29.0 Å². The second-order valence-corrected chi connectivity index (χ2v) is 4.86. The summed E-state index contributed by atoms with van der Waals surface area (Å²) in [5.41, 5.74) is 0.403. The Hall–Kier alpha value is -1.86. The number of Topliss-reactive ketones (excluding diaryl/α,β-unsaturated/α-hetero) is 1. The molecule has 0 spiro atoms. The predicted octanol–water partition coefficient (Wildman–Crippen LogP) is 3.57. The van der Waals surface area contributed by atoms with E-state index in [9.17, 15) is 9.59 Å². The average molecular weight is 293 g/mol. The Morgan fingerprint density at radius 1 is 1.35 bits per heavy atom. The maximum Gasteiger partial charge on any atom is 0.249 e. The van der Waals surface area contributed by atoms with E-state index in [0.29, 0.717) is 17.1 Å². The van der Waals surface area contributed by atoms with Crippen molar-refractivity contribution in [3.8, 4) is 6.07 Å². The summed E-state index contributed by atoms with van der Waals surface area (Å²) in [4.78, 5) is 23.8. The summed E-state index contributed by atoms with van der Waals surface area (Å²) >= 11 is 5.92. The van der Waals surface area contributed by atoms with Crippen LogP contribution in [0.1, 0.15) is 32.6 Å². The molecular weight excluding hydrogens is 276 g/mol. The van der Waals surface area contributed by atoms with E-state index in [-0.39, 0.29) is 12.2 Å². The Bertz CT molecular complexity index is 523. The van der Waals surface area contributed by atoms with Gasteiger partial charge in [0.2, 0.25) is 5.91 Å². The van der Waals surface area contributed by atoms with Gasteiger partial charge in [0.15, 0.2) is 11.7 Å². The first-order valence-corrected chi connectivity index (χ1v) is 6.95. The van der Waals surface area contributed by atoms with Crippen molar-refractivity contribution in [3.63, 3.8) is 0 Å². The van der Waals surface area contributed by atoms with Crippen molar-refractivity contribution in [1.82, 2.24) is 0 Å². The summed E-state index contributed by atoms with van der Waals surface area (Å²) in [5, 5.41) is 11.9. The highest BCUT2D eigenvalue weighted by Crippen LogP contribution is 2.21. The van der Waals surface area contributed by atoms with Gasteiger partial charge in [-0.15, -0.1) is 0 Å². The van der Waals surface area contributed by atoms with Crippen LogP contribution in [-0.4, -0.2) is 11.7 Å². The largest absolute Gasteiger partial charge is 0.323 e. The first kappa shape index (κ1) is 16.2. The van der Waals surface area contributed by atoms with Crippen LogP contribution in [0.3, 0.4) is 0 Å². The van der Waals surface area contributed by atoms with Gasteiger partial charge in [-0.3, -0.25) is 9.59 Å². The molecule has 1 amide bonds. The number of para-hydroxylation sites is 1. The molecule has 0 aliphatic rings. The van der Waals surface area contributed by atoms with Gasteiger partial charge in [-0.1, -0.05) is 43.5 Å². The van der Waals surface area contributed by atoms with Crippen LogP contribution in [0, 0.1) is 17.2 Å². The molecular formula is C15H17ClN2O2. The number of halogens is 1. The molecule has 0 saturated heterocycles. The maximum absolute atomic E-state index is 12.0. The number of rotatable bonds is 7. The van der Waals surface area contributed by atoms with Crippen LogP contribution in [0.2, 0.25) is 5.02 Å². The van der Waals surface area contributed by atoms with Crippen LogP contribution in [0.5, 0.6) is 0 Å². The van der Waals surface area contributed by atoms with E-state index < -0.39 is 11.8 Å². The van der Waals surface area contributed by atoms with Crippen LogP contribution in [0.25, 0.3) is 0 Å². The van der Waals surface area contributed by atoms with Gasteiger partial charge >= 0.3 is 0 Å². The molecule has 0 saturated carbocycles. The van der Waals surface area contributed by atoms with Gasteiger partial charge < -0.3 is 5.32 Å². The van der Waals surface area contributed by atoms with Gasteiger partial charge in [-0.2, -0.15) is 5.26 Å². The molecule has 0 heterocycles. The average Bonchev–Trinajstić information content (AvgIpc) is 2.42. The summed E-state index contributed by atoms with van der Waals surface area (Å²) in [5.74, 6) is -2.24. The molecule has 0 aromatic heterocycles. The topological polar surface area (TPSA) is 70.0 Å². The molecule has 0 aliphatic carbocycles. The van der Waals surface area contributed by atoms with Gasteiger partial charge in [-0.25, -0.2) is 0 Å². The Morgan fingerprint density at radius 2 is 2.05 bits per heavy atom. The van der Waals surface area contributed by atoms with E-state index in [1.165, 1.54) is 0 Å². The molecule has 20 heavy (non-hydrogen) atoms. The lowest BCUT2D eigenvalue weighted by Gasteiger charge is -2.10. The SMILES string of the molecule is CCCCCC(=O)[C@H](C#N)C(=O)Nc1ccccc1Cl. The molecule has 106 valence electrons. The van der Waals surface area contributed by atoms with E-state index in [0.717, 1.165) is 12.8 Å². The molecule has 0 bridgehead atoms. The summed E-state index contributed by atoms with van der Waals surface area (Å²) in [7, 11) is 0. The molecule has 1 N–H and O–H groups in total. The van der Waals surface area contributed by atoms with Crippen molar-refractivity contribution in [2.24, 2.45) is 5.92 Å². The van der Waals surface area contributed by atoms with Crippen molar-refractivity contribution in [1.29, 1.82) is 5.26 Å². The number of benzene rings is 1. The zero-order valence-electron chi connectivity index (χ0n) is 11.4. The van der Waals surface area contributed by atoms with Crippen molar-refractivity contribution in [2.75, 3.05) is 5.32 Å². The summed E-state index contributed by atoms with van der Waals surface area (Å²) in [6.07, 6.45) is 2.85. The third-order valence-electron chi connectivity index (χ3n) is 2.87. The van der Waals surface area contributed by atoms with E-state index in [4.69, 9.17) is 16.9 Å². The Morgan fingerprint density at radius 3 is 2.65 bits per heavy atom. The number of ketones is 1. The third-order valence-corrected chi connectivity index (χ3v) is 3.20. The fourth-order valence-electron chi connectivity index (χ4n) is 1.74. The van der Waals surface area contributed by atoms with Crippen LogP contribution in [-0.2, 0) is 9.59 Å². The van der Waals surface area contributed by atoms with Crippen LogP contribution < -0.4 is 5.32 Å². The Balaban J connectivity index is 2.66. The normalized spacial score (nSPS) is 11.4. The van der Waals surface area contributed by atoms with E-state index in [2.05, 4.69) is 5.32 Å². The molecule has 5 heteroatoms. The molecule has 1 aromatic rings. The molecule has 1 atom stereocenters. The first-order valence-electron chi connectivity index (χ1n) is 6.57. The quantitative estimate of drug-likeness (QED) is 0.617. The predicted molar refractivity (Wildman–Crippen MR) is 78.3 cm³/mol. The number of unbranched alkanes of at least 4 members (excludes halogenated alkanes) is 2. The van der Waals surface area contributed by atoms with Crippen LogP contribution in [0.15, 0.2) is 24.3 Å². The lowest BCUT2D eigenvalue weighted by molar-refractivity contribution is -0.128. The zero-order chi connectivity index (χ0) is 15.0. The van der Waals surface area contributed by atoms with Crippen LogP contribution in [0.4, 0.5) is 5.69 Å². The van der Waals surface area contributed by atoms with E-state index in [1.54, 1.807) is 30.3 Å². The Kier molecular flexibility index (Phi) is 6.75. The molecule has 0 unspecified atom stereocenters. The van der Waals surface area contributed by atoms with Crippen molar-refractivity contribution in [3.05, 3.63) is 29.3 Å². The molecule has 0 aliphatic heterocycles. The lowest BCUT2D eigenvalue weighted by Crippen LogP contribution is -2.28. The standard InChI is InChI=1S/C15H17ClN2O2/c1-2-3-4-9-14(19)11(10-17)15(20)18-13-8-6-5-7-12(13)16/h5-8,11H,2-4,9H2,1H3,(H,18,20)/t11-/m0/s1. The molecule has 0 fully saturated rings. The van der Waals surface area contributed by atoms with Crippen molar-refractivity contribution in [2.45, 2.75) is 32.6 Å². The van der Waals surface area contributed by atoms with E-state index >= 15 is 0 Å². The Labute approximate surface area is 123 Å². The zero-order valence-corrected chi connectivity index (χ0v) is 12.1. The number of carbonyl (C=O) groups is 2. The van der Waals surface area contributed by atoms with E-state index in [1.807, 2.05) is 6.92 Å². The van der Waals surface area contributed by atoms with Gasteiger partial charge in [0.05, 0.1) is 16.8 Å². The highest BCUT2D eigenvalue weighted by Gasteiger charge is 2.26. The minimum atomic E-state index is -1.27. The van der Waals surface area contributed by atoms with Gasteiger partial charge in [0.25, 0.3) is 0 Å². The smallest absolute Gasteiger partial charge is 0.249 e. The number of nitriles is 1. The first-order chi connectivity index (χ1) is 9.60. The number of hydrogen-bond donors (Lipinski definition) is 1. The van der Waals surface area contributed by atoms with Gasteiger partial charge in [-0.05, 0) is 18.6 Å². The number of amides is 1. The number of nitrogens with zero attached hydrogens (tertiary/aromatic N) is 1. The number of nitrogens with one attached hydrogen (secondary N) is 1. The molecule has 4 nitrogen and oxygen atoms in total. The number of hydrogen-bond acceptors (Lipinski definition) is 3. The molecule has 1 rings (SSSR count).